The molecular formula is C11H18O6P2. The normalized spacial score (nSPS) is 17.2. The average molecular weight is 308 g/mol. The van der Waals surface area contributed by atoms with Gasteiger partial charge in [0.05, 0.1) is 6.10 Å². The Morgan fingerprint density at radius 1 is 1.11 bits per heavy atom. The van der Waals surface area contributed by atoms with E-state index in [0.717, 1.165) is 0 Å². The maximum absolute atomic E-state index is 12.0. The fourth-order valence-electron chi connectivity index (χ4n) is 1.62. The minimum atomic E-state index is -4.76. The highest BCUT2D eigenvalue weighted by Gasteiger charge is 2.45. The maximum Gasteiger partial charge on any atom is 0.343 e. The van der Waals surface area contributed by atoms with Crippen LogP contribution >= 0.6 is 15.2 Å². The number of benzene rings is 1. The number of hydrogen-bond acceptors (Lipinski definition) is 3. The minimum absolute atomic E-state index is 0.217. The molecule has 0 aliphatic heterocycles. The van der Waals surface area contributed by atoms with E-state index in [9.17, 15) is 23.8 Å². The van der Waals surface area contributed by atoms with Crippen LogP contribution in [0.4, 0.5) is 0 Å². The molecule has 108 valence electrons. The highest BCUT2D eigenvalue weighted by molar-refractivity contribution is 7.71. The molecule has 2 unspecified atom stereocenters. The molecule has 1 aromatic carbocycles. The fraction of sp³-hybridized carbons (Fsp3) is 0.455. The van der Waals surface area contributed by atoms with E-state index < -0.39 is 26.7 Å². The molecule has 19 heavy (non-hydrogen) atoms. The summed E-state index contributed by atoms with van der Waals surface area (Å²) in [6, 6.07) is 8.41. The Balaban J connectivity index is 3.03. The monoisotopic (exact) mass is 308 g/mol. The van der Waals surface area contributed by atoms with E-state index in [0.29, 0.717) is 5.56 Å². The fourth-order valence-corrected chi connectivity index (χ4v) is 4.94. The molecule has 0 bridgehead atoms. The Hall–Kier alpha value is -0.480. The van der Waals surface area contributed by atoms with Crippen LogP contribution in [0.5, 0.6) is 0 Å². The van der Waals surface area contributed by atoms with Crippen LogP contribution in [-0.2, 0) is 20.1 Å². The van der Waals surface area contributed by atoms with E-state index in [2.05, 4.69) is 0 Å². The summed E-state index contributed by atoms with van der Waals surface area (Å²) in [6.07, 6.45) is -0.813. The van der Waals surface area contributed by atoms with Gasteiger partial charge in [0.2, 0.25) is 0 Å². The Kier molecular flexibility index (Phi) is 5.51. The van der Waals surface area contributed by atoms with Crippen molar-refractivity contribution in [1.29, 1.82) is 0 Å². The third-order valence-electron chi connectivity index (χ3n) is 2.39. The van der Waals surface area contributed by atoms with Crippen molar-refractivity contribution in [3.63, 3.8) is 0 Å². The zero-order chi connectivity index (χ0) is 14.7. The van der Waals surface area contributed by atoms with Crippen molar-refractivity contribution in [2.24, 2.45) is 0 Å². The molecule has 3 N–H and O–H groups in total. The lowest BCUT2D eigenvalue weighted by Gasteiger charge is -2.24. The van der Waals surface area contributed by atoms with Gasteiger partial charge in [0.15, 0.2) is 5.40 Å². The number of hydrogen-bond donors (Lipinski definition) is 3. The molecular weight excluding hydrogens is 290 g/mol. The molecule has 2 atom stereocenters. The van der Waals surface area contributed by atoms with Crippen molar-refractivity contribution < 1.29 is 28.3 Å². The lowest BCUT2D eigenvalue weighted by molar-refractivity contribution is 0.200. The summed E-state index contributed by atoms with van der Waals surface area (Å²) in [6.45, 7) is 3.06. The van der Waals surface area contributed by atoms with Gasteiger partial charge in [-0.3, -0.25) is 9.13 Å². The zero-order valence-corrected chi connectivity index (χ0v) is 12.5. The van der Waals surface area contributed by atoms with Gasteiger partial charge in [0, 0.05) is 0 Å². The summed E-state index contributed by atoms with van der Waals surface area (Å²) in [5.74, 6) is 0. The molecule has 0 aromatic heterocycles. The highest BCUT2D eigenvalue weighted by Crippen LogP contribution is 2.64. The predicted octanol–water partition coefficient (Wildman–Crippen LogP) is 2.34. The predicted molar refractivity (Wildman–Crippen MR) is 72.0 cm³/mol. The van der Waals surface area contributed by atoms with Crippen molar-refractivity contribution in [2.45, 2.75) is 31.8 Å². The second-order valence-electron chi connectivity index (χ2n) is 4.48. The Morgan fingerprint density at radius 2 is 1.63 bits per heavy atom. The van der Waals surface area contributed by atoms with Crippen LogP contribution in [0.25, 0.3) is 0 Å². The molecule has 8 heteroatoms. The SMILES string of the molecule is CC(C)OP(=O)(O)C(Cc1ccccc1)P(=O)(O)O. The van der Waals surface area contributed by atoms with Crippen LogP contribution in [0, 0.1) is 0 Å². The van der Waals surface area contributed by atoms with Crippen molar-refractivity contribution in [3.05, 3.63) is 35.9 Å². The van der Waals surface area contributed by atoms with Crippen LogP contribution in [0.1, 0.15) is 19.4 Å². The molecule has 1 aromatic rings. The molecule has 0 saturated heterocycles. The van der Waals surface area contributed by atoms with E-state index in [-0.39, 0.29) is 6.42 Å². The molecule has 0 aliphatic carbocycles. The van der Waals surface area contributed by atoms with E-state index in [1.165, 1.54) is 13.8 Å². The first-order valence-electron chi connectivity index (χ1n) is 5.73. The van der Waals surface area contributed by atoms with Gasteiger partial charge in [-0.05, 0) is 25.8 Å². The maximum atomic E-state index is 12.0. The van der Waals surface area contributed by atoms with Crippen molar-refractivity contribution in [3.8, 4) is 0 Å². The van der Waals surface area contributed by atoms with Gasteiger partial charge in [0.25, 0.3) is 0 Å². The van der Waals surface area contributed by atoms with Crippen molar-refractivity contribution in [1.82, 2.24) is 0 Å². The van der Waals surface area contributed by atoms with Gasteiger partial charge in [-0.1, -0.05) is 30.3 Å². The Labute approximate surface area is 112 Å². The first-order valence-corrected chi connectivity index (χ1v) is 9.06. The van der Waals surface area contributed by atoms with Gasteiger partial charge in [0.1, 0.15) is 0 Å². The van der Waals surface area contributed by atoms with E-state index in [4.69, 9.17) is 4.52 Å². The minimum Gasteiger partial charge on any atom is -0.324 e. The average Bonchev–Trinajstić information content (AvgIpc) is 2.23. The van der Waals surface area contributed by atoms with Gasteiger partial charge >= 0.3 is 15.2 Å². The molecule has 6 nitrogen and oxygen atoms in total. The molecule has 0 amide bonds. The van der Waals surface area contributed by atoms with Crippen LogP contribution in [0.3, 0.4) is 0 Å². The third-order valence-corrected chi connectivity index (χ3v) is 6.78. The van der Waals surface area contributed by atoms with Crippen molar-refractivity contribution >= 4 is 15.2 Å². The van der Waals surface area contributed by atoms with Crippen LogP contribution < -0.4 is 0 Å². The zero-order valence-electron chi connectivity index (χ0n) is 10.7. The second kappa shape index (κ2) is 6.31. The smallest absolute Gasteiger partial charge is 0.324 e. The summed E-state index contributed by atoms with van der Waals surface area (Å²) in [4.78, 5) is 28.4. The molecule has 0 heterocycles. The third kappa shape index (κ3) is 5.19. The summed E-state index contributed by atoms with van der Waals surface area (Å²) < 4.78 is 28.3. The summed E-state index contributed by atoms with van der Waals surface area (Å²) in [7, 11) is -9.17. The summed E-state index contributed by atoms with van der Waals surface area (Å²) in [5, 5.41) is -1.75. The van der Waals surface area contributed by atoms with E-state index in [1.807, 2.05) is 0 Å². The van der Waals surface area contributed by atoms with Gasteiger partial charge in [-0.25, -0.2) is 0 Å². The summed E-state index contributed by atoms with van der Waals surface area (Å²) >= 11 is 0. The van der Waals surface area contributed by atoms with E-state index >= 15 is 0 Å². The van der Waals surface area contributed by atoms with E-state index in [1.54, 1.807) is 30.3 Å². The lowest BCUT2D eigenvalue weighted by atomic mass is 10.2. The standard InChI is InChI=1S/C11H18O6P2/c1-9(2)17-19(15,16)11(18(12,13)14)8-10-6-4-3-5-7-10/h3-7,9,11H,8H2,1-2H3,(H,15,16)(H2,12,13,14). The van der Waals surface area contributed by atoms with Crippen molar-refractivity contribution in [2.75, 3.05) is 0 Å². The van der Waals surface area contributed by atoms with Gasteiger partial charge in [-0.2, -0.15) is 0 Å². The molecule has 0 spiro atoms. The Bertz CT molecular complexity index is 495. The highest BCUT2D eigenvalue weighted by atomic mass is 31.2. The first kappa shape index (κ1) is 16.6. The van der Waals surface area contributed by atoms with Gasteiger partial charge in [-0.15, -0.1) is 0 Å². The number of rotatable bonds is 6. The topological polar surface area (TPSA) is 104 Å². The second-order valence-corrected chi connectivity index (χ2v) is 8.65. The van der Waals surface area contributed by atoms with Crippen LogP contribution in [0.2, 0.25) is 0 Å². The lowest BCUT2D eigenvalue weighted by Crippen LogP contribution is -2.16. The van der Waals surface area contributed by atoms with Crippen LogP contribution in [0.15, 0.2) is 30.3 Å². The molecule has 0 radical (unpaired) electrons. The largest absolute Gasteiger partial charge is 0.343 e. The Morgan fingerprint density at radius 3 is 2.05 bits per heavy atom. The molecule has 0 saturated carbocycles. The molecule has 1 rings (SSSR count). The first-order chi connectivity index (χ1) is 8.63. The molecule has 0 aliphatic rings. The van der Waals surface area contributed by atoms with Gasteiger partial charge < -0.3 is 19.2 Å². The summed E-state index contributed by atoms with van der Waals surface area (Å²) in [5.41, 5.74) is 0.567. The molecule has 0 fully saturated rings. The quantitative estimate of drug-likeness (QED) is 0.697. The van der Waals surface area contributed by atoms with Crippen LogP contribution in [-0.4, -0.2) is 26.2 Å².